The van der Waals surface area contributed by atoms with Crippen LogP contribution < -0.4 is 15.7 Å². The van der Waals surface area contributed by atoms with Gasteiger partial charge in [0.2, 0.25) is 5.95 Å². The standard InChI is InChI=1S/C30H34N8O3/c1-19-9-11-20(12-10-19)17-38-27-23(33-29(38)37-14-15-40-18-25(37)21-6-3-2-4-7-21)16-24(28-34-30(39)41-36-28)32-26(27)22-8-5-13-31-35-22/h2-8,13,16,19-20,25,28,36H,9-12,14-15,17-18H2,1H3,(H,34,39)/t19?,20?,25-,28?/m0/s1. The lowest BCUT2D eigenvalue weighted by atomic mass is 9.83. The Balaban J connectivity index is 1.41. The van der Waals surface area contributed by atoms with Crippen LogP contribution in [0.25, 0.3) is 22.4 Å². The van der Waals surface area contributed by atoms with E-state index in [2.05, 4.69) is 61.7 Å². The second kappa shape index (κ2) is 11.1. The second-order valence-electron chi connectivity index (χ2n) is 11.3. The smallest absolute Gasteiger partial charge is 0.377 e. The number of benzene rings is 1. The number of pyridine rings is 1. The fraction of sp³-hybridized carbons (Fsp3) is 0.433. The van der Waals surface area contributed by atoms with Gasteiger partial charge in [0.15, 0.2) is 6.17 Å². The Bertz CT molecular complexity index is 1520. The van der Waals surface area contributed by atoms with Gasteiger partial charge in [-0.1, -0.05) is 50.1 Å². The molecule has 3 aliphatic rings. The van der Waals surface area contributed by atoms with Crippen molar-refractivity contribution in [2.24, 2.45) is 11.8 Å². The first-order valence-corrected chi connectivity index (χ1v) is 14.5. The normalized spacial score (nSPS) is 24.8. The van der Waals surface area contributed by atoms with Crippen LogP contribution in [0.4, 0.5) is 10.7 Å². The van der Waals surface area contributed by atoms with Crippen LogP contribution in [0.3, 0.4) is 0 Å². The summed E-state index contributed by atoms with van der Waals surface area (Å²) in [6.45, 7) is 5.13. The largest absolute Gasteiger partial charge is 0.427 e. The molecule has 3 aromatic heterocycles. The van der Waals surface area contributed by atoms with E-state index in [-0.39, 0.29) is 6.04 Å². The number of imidazole rings is 1. The van der Waals surface area contributed by atoms with Gasteiger partial charge in [0.25, 0.3) is 0 Å². The number of morpholine rings is 1. The van der Waals surface area contributed by atoms with Crippen LogP contribution in [0, 0.1) is 11.8 Å². The van der Waals surface area contributed by atoms with Gasteiger partial charge in [-0.2, -0.15) is 5.10 Å². The molecule has 212 valence electrons. The zero-order valence-corrected chi connectivity index (χ0v) is 23.1. The van der Waals surface area contributed by atoms with Crippen LogP contribution >= 0.6 is 0 Å². The van der Waals surface area contributed by atoms with Crippen molar-refractivity contribution >= 4 is 23.1 Å². The van der Waals surface area contributed by atoms with E-state index in [1.165, 1.54) is 31.2 Å². The number of anilines is 1. The molecule has 7 rings (SSSR count). The van der Waals surface area contributed by atoms with E-state index in [0.717, 1.165) is 36.0 Å². The maximum Gasteiger partial charge on any atom is 0.427 e. The van der Waals surface area contributed by atoms with E-state index < -0.39 is 12.3 Å². The molecule has 1 aromatic carbocycles. The van der Waals surface area contributed by atoms with E-state index in [0.29, 0.717) is 36.2 Å². The third-order valence-corrected chi connectivity index (χ3v) is 8.51. The number of ether oxygens (including phenoxy) is 1. The predicted molar refractivity (Wildman–Crippen MR) is 153 cm³/mol. The molecular weight excluding hydrogens is 520 g/mol. The maximum atomic E-state index is 11.8. The predicted octanol–water partition coefficient (Wildman–Crippen LogP) is 4.54. The minimum Gasteiger partial charge on any atom is -0.377 e. The molecule has 3 fully saturated rings. The summed E-state index contributed by atoms with van der Waals surface area (Å²) in [5.41, 5.74) is 7.56. The molecule has 41 heavy (non-hydrogen) atoms. The van der Waals surface area contributed by atoms with Gasteiger partial charge in [-0.25, -0.2) is 14.8 Å². The fourth-order valence-electron chi connectivity index (χ4n) is 6.30. The van der Waals surface area contributed by atoms with Gasteiger partial charge in [-0.3, -0.25) is 5.32 Å². The van der Waals surface area contributed by atoms with E-state index in [4.69, 9.17) is 19.5 Å². The summed E-state index contributed by atoms with van der Waals surface area (Å²) in [6, 6.07) is 16.2. The summed E-state index contributed by atoms with van der Waals surface area (Å²) < 4.78 is 8.34. The summed E-state index contributed by atoms with van der Waals surface area (Å²) in [5, 5.41) is 11.4. The zero-order chi connectivity index (χ0) is 27.8. The third kappa shape index (κ3) is 5.11. The molecule has 0 spiro atoms. The quantitative estimate of drug-likeness (QED) is 0.354. The monoisotopic (exact) mass is 554 g/mol. The Morgan fingerprint density at radius 2 is 1.90 bits per heavy atom. The minimum atomic E-state index is -0.601. The number of rotatable bonds is 6. The molecule has 1 unspecified atom stereocenters. The Labute approximate surface area is 238 Å². The number of fused-ring (bicyclic) bond motifs is 1. The van der Waals surface area contributed by atoms with Crippen molar-refractivity contribution in [2.75, 3.05) is 24.7 Å². The first kappa shape index (κ1) is 25.8. The number of hydroxylamine groups is 1. The number of nitrogens with zero attached hydrogens (tertiary/aromatic N) is 6. The highest BCUT2D eigenvalue weighted by atomic mass is 16.7. The minimum absolute atomic E-state index is 0.0310. The van der Waals surface area contributed by atoms with E-state index in [1.807, 2.05) is 24.3 Å². The lowest BCUT2D eigenvalue weighted by Crippen LogP contribution is -2.41. The van der Waals surface area contributed by atoms with Crippen molar-refractivity contribution in [2.45, 2.75) is 51.4 Å². The lowest BCUT2D eigenvalue weighted by Gasteiger charge is -2.37. The molecular formula is C30H34N8O3. The molecule has 0 radical (unpaired) electrons. The van der Waals surface area contributed by atoms with Crippen LogP contribution in [-0.2, 0) is 16.1 Å². The molecule has 5 heterocycles. The summed E-state index contributed by atoms with van der Waals surface area (Å²) in [4.78, 5) is 29.5. The van der Waals surface area contributed by atoms with Crippen molar-refractivity contribution in [3.05, 3.63) is 66.0 Å². The highest BCUT2D eigenvalue weighted by Gasteiger charge is 2.33. The molecule has 1 aliphatic carbocycles. The topological polar surface area (TPSA) is 119 Å². The Hall–Kier alpha value is -4.09. The number of carbonyl (C=O) groups is 1. The van der Waals surface area contributed by atoms with Gasteiger partial charge >= 0.3 is 6.09 Å². The molecule has 2 atom stereocenters. The van der Waals surface area contributed by atoms with Crippen LogP contribution in [0.1, 0.15) is 56.1 Å². The second-order valence-corrected chi connectivity index (χ2v) is 11.3. The summed E-state index contributed by atoms with van der Waals surface area (Å²) in [5.74, 6) is 2.21. The van der Waals surface area contributed by atoms with Gasteiger partial charge in [0.1, 0.15) is 11.4 Å². The highest BCUT2D eigenvalue weighted by molar-refractivity contribution is 5.91. The van der Waals surface area contributed by atoms with Gasteiger partial charge in [-0.15, -0.1) is 10.6 Å². The lowest BCUT2D eigenvalue weighted by molar-refractivity contribution is 0.0927. The van der Waals surface area contributed by atoms with Crippen molar-refractivity contribution in [3.8, 4) is 11.4 Å². The molecule has 0 bridgehead atoms. The Kier molecular flexibility index (Phi) is 6.97. The number of hydrogen-bond donors (Lipinski definition) is 2. The Morgan fingerprint density at radius 1 is 1.05 bits per heavy atom. The van der Waals surface area contributed by atoms with Crippen LogP contribution in [0.5, 0.6) is 0 Å². The van der Waals surface area contributed by atoms with Crippen molar-refractivity contribution in [1.82, 2.24) is 35.5 Å². The summed E-state index contributed by atoms with van der Waals surface area (Å²) in [6.07, 6.45) is 5.36. The third-order valence-electron chi connectivity index (χ3n) is 8.51. The average Bonchev–Trinajstić information content (AvgIpc) is 3.62. The molecule has 2 N–H and O–H groups in total. The molecule has 11 heteroatoms. The maximum absolute atomic E-state index is 11.8. The molecule has 11 nitrogen and oxygen atoms in total. The van der Waals surface area contributed by atoms with Gasteiger partial charge in [-0.05, 0) is 48.4 Å². The Morgan fingerprint density at radius 3 is 2.66 bits per heavy atom. The number of amides is 1. The van der Waals surface area contributed by atoms with Crippen molar-refractivity contribution in [1.29, 1.82) is 0 Å². The molecule has 1 amide bonds. The van der Waals surface area contributed by atoms with Crippen LogP contribution in [0.15, 0.2) is 54.7 Å². The SMILES string of the molecule is CC1CCC(Cn2c(N3CCOC[C@H]3c3ccccc3)nc3cc(C4NOC(=O)N4)nc(-c4cccnn4)c32)CC1. The number of nitrogens with one attached hydrogen (secondary N) is 2. The number of carbonyl (C=O) groups excluding carboxylic acids is 1. The van der Waals surface area contributed by atoms with Crippen molar-refractivity contribution in [3.63, 3.8) is 0 Å². The van der Waals surface area contributed by atoms with Gasteiger partial charge in [0, 0.05) is 19.3 Å². The highest BCUT2D eigenvalue weighted by Crippen LogP contribution is 2.38. The average molecular weight is 555 g/mol. The molecule has 2 aliphatic heterocycles. The zero-order valence-electron chi connectivity index (χ0n) is 23.1. The van der Waals surface area contributed by atoms with Crippen molar-refractivity contribution < 1.29 is 14.4 Å². The summed E-state index contributed by atoms with van der Waals surface area (Å²) >= 11 is 0. The number of hydrogen-bond acceptors (Lipinski definition) is 9. The fourth-order valence-corrected chi connectivity index (χ4v) is 6.30. The first-order valence-electron chi connectivity index (χ1n) is 14.5. The van der Waals surface area contributed by atoms with Crippen LogP contribution in [-0.4, -0.2) is 50.6 Å². The molecule has 2 saturated heterocycles. The molecule has 1 saturated carbocycles. The molecule has 4 aromatic rings. The number of aromatic nitrogens is 5. The van der Waals surface area contributed by atoms with E-state index in [9.17, 15) is 4.79 Å². The van der Waals surface area contributed by atoms with Crippen LogP contribution in [0.2, 0.25) is 0 Å². The van der Waals surface area contributed by atoms with E-state index in [1.54, 1.807) is 6.20 Å². The summed E-state index contributed by atoms with van der Waals surface area (Å²) in [7, 11) is 0. The van der Waals surface area contributed by atoms with E-state index >= 15 is 0 Å². The van der Waals surface area contributed by atoms with Gasteiger partial charge < -0.3 is 19.0 Å². The van der Waals surface area contributed by atoms with Gasteiger partial charge in [0.05, 0.1) is 36.0 Å². The first-order chi connectivity index (χ1) is 20.1.